The van der Waals surface area contributed by atoms with E-state index in [-0.39, 0.29) is 0 Å². The van der Waals surface area contributed by atoms with Gasteiger partial charge in [0, 0.05) is 5.41 Å². The fourth-order valence-electron chi connectivity index (χ4n) is 0.531. The fourth-order valence-corrected chi connectivity index (χ4v) is 2.86. The Morgan fingerprint density at radius 1 is 1.38 bits per heavy atom. The lowest BCUT2D eigenvalue weighted by molar-refractivity contribution is -0.141. The minimum absolute atomic E-state index is 0.452. The molecule has 0 saturated heterocycles. The third-order valence-electron chi connectivity index (χ3n) is 1.55. The van der Waals surface area contributed by atoms with Gasteiger partial charge in [0.1, 0.15) is 0 Å². The van der Waals surface area contributed by atoms with Crippen LogP contribution in [0.4, 0.5) is 0 Å². The first kappa shape index (κ1) is 16.5. The molecule has 0 aliphatic heterocycles. The summed E-state index contributed by atoms with van der Waals surface area (Å²) in [4.78, 5) is 29.7. The summed E-state index contributed by atoms with van der Waals surface area (Å²) in [5.74, 6) is -0.943. The van der Waals surface area contributed by atoms with Gasteiger partial charge in [-0.3, -0.25) is 4.79 Å². The zero-order chi connectivity index (χ0) is 13.2. The van der Waals surface area contributed by atoms with Crippen LogP contribution in [0.5, 0.6) is 0 Å². The number of hydrogen-bond acceptors (Lipinski definition) is 6. The molecule has 0 spiro atoms. The van der Waals surface area contributed by atoms with Crippen molar-refractivity contribution in [1.82, 2.24) is 0 Å². The summed E-state index contributed by atoms with van der Waals surface area (Å²) in [5, 5.41) is 0. The molecule has 0 heterocycles. The SMILES string of the molecule is CC(C)(C)C(Br)(Br)O[Si](O)(O)OC(=O)CN. The maximum atomic E-state index is 10.8. The van der Waals surface area contributed by atoms with E-state index in [0.29, 0.717) is 0 Å². The summed E-state index contributed by atoms with van der Waals surface area (Å²) in [6.07, 6.45) is 0. The normalized spacial score (nSPS) is 13.8. The fraction of sp³-hybridized carbons (Fsp3) is 0.857. The lowest BCUT2D eigenvalue weighted by atomic mass is 9.99. The molecule has 0 amide bonds. The van der Waals surface area contributed by atoms with Crippen molar-refractivity contribution in [3.63, 3.8) is 0 Å². The van der Waals surface area contributed by atoms with Gasteiger partial charge in [0.25, 0.3) is 0 Å². The van der Waals surface area contributed by atoms with Crippen LogP contribution in [0, 0.1) is 5.41 Å². The molecule has 0 rings (SSSR count). The van der Waals surface area contributed by atoms with Gasteiger partial charge in [0.05, 0.1) is 6.54 Å². The molecule has 0 aliphatic rings. The Balaban J connectivity index is 4.64. The van der Waals surface area contributed by atoms with Crippen LogP contribution < -0.4 is 5.73 Å². The summed E-state index contributed by atoms with van der Waals surface area (Å²) in [6, 6.07) is 0. The van der Waals surface area contributed by atoms with Crippen LogP contribution >= 0.6 is 31.9 Å². The second kappa shape index (κ2) is 5.42. The van der Waals surface area contributed by atoms with Crippen LogP contribution in [0.15, 0.2) is 0 Å². The van der Waals surface area contributed by atoms with E-state index in [0.717, 1.165) is 0 Å². The number of halogens is 2. The topological polar surface area (TPSA) is 102 Å². The molecule has 0 radical (unpaired) electrons. The molecule has 0 aromatic rings. The predicted octanol–water partition coefficient (Wildman–Crippen LogP) is 0.415. The average molecular weight is 381 g/mol. The molecule has 0 atom stereocenters. The van der Waals surface area contributed by atoms with Crippen molar-refractivity contribution in [2.75, 3.05) is 6.54 Å². The molecule has 4 N–H and O–H groups in total. The number of nitrogens with two attached hydrogens (primary N) is 1. The number of rotatable bonds is 4. The summed E-state index contributed by atoms with van der Waals surface area (Å²) in [7, 11) is -4.56. The molecule has 0 aromatic carbocycles. The molecule has 0 saturated carbocycles. The first-order valence-corrected chi connectivity index (χ1v) is 7.65. The Morgan fingerprint density at radius 3 is 2.12 bits per heavy atom. The monoisotopic (exact) mass is 379 g/mol. The van der Waals surface area contributed by atoms with Crippen molar-refractivity contribution in [3.05, 3.63) is 0 Å². The lowest BCUT2D eigenvalue weighted by Crippen LogP contribution is -2.52. The smallest absolute Gasteiger partial charge is 0.451 e. The summed E-state index contributed by atoms with van der Waals surface area (Å²) in [5.41, 5.74) is 4.47. The molecule has 0 aromatic heterocycles. The van der Waals surface area contributed by atoms with E-state index in [2.05, 4.69) is 36.3 Å². The number of hydrogen-bond donors (Lipinski definition) is 3. The number of carbonyl (C=O) groups is 1. The highest BCUT2D eigenvalue weighted by Crippen LogP contribution is 2.45. The lowest BCUT2D eigenvalue weighted by Gasteiger charge is -2.36. The third-order valence-corrected chi connectivity index (χ3v) is 5.91. The molecular formula is C7H15Br2NO5Si. The van der Waals surface area contributed by atoms with E-state index in [4.69, 9.17) is 10.2 Å². The third kappa shape index (κ3) is 5.21. The van der Waals surface area contributed by atoms with Gasteiger partial charge >= 0.3 is 15.0 Å². The molecule has 0 bridgehead atoms. The van der Waals surface area contributed by atoms with E-state index in [1.165, 1.54) is 0 Å². The summed E-state index contributed by atoms with van der Waals surface area (Å²) in [6.45, 7) is 4.90. The van der Waals surface area contributed by atoms with Gasteiger partial charge in [-0.2, -0.15) is 0 Å². The number of carbonyl (C=O) groups excluding carboxylic acids is 1. The van der Waals surface area contributed by atoms with Crippen molar-refractivity contribution in [2.24, 2.45) is 11.1 Å². The second-order valence-electron chi connectivity index (χ2n) is 4.10. The molecule has 16 heavy (non-hydrogen) atoms. The van der Waals surface area contributed by atoms with E-state index < -0.39 is 30.4 Å². The number of alkyl halides is 2. The van der Waals surface area contributed by atoms with E-state index in [1.54, 1.807) is 20.8 Å². The van der Waals surface area contributed by atoms with Crippen molar-refractivity contribution < 1.29 is 23.2 Å². The van der Waals surface area contributed by atoms with Crippen molar-refractivity contribution in [2.45, 2.75) is 24.2 Å². The van der Waals surface area contributed by atoms with Gasteiger partial charge in [0.2, 0.25) is 0 Å². The van der Waals surface area contributed by atoms with Crippen molar-refractivity contribution in [3.8, 4) is 0 Å². The molecule has 0 unspecified atom stereocenters. The van der Waals surface area contributed by atoms with Crippen LogP contribution in [-0.4, -0.2) is 34.6 Å². The van der Waals surface area contributed by atoms with E-state index in [1.807, 2.05) is 0 Å². The van der Waals surface area contributed by atoms with Gasteiger partial charge < -0.3 is 24.2 Å². The van der Waals surface area contributed by atoms with E-state index in [9.17, 15) is 14.4 Å². The highest BCUT2D eigenvalue weighted by atomic mass is 79.9. The Morgan fingerprint density at radius 2 is 1.81 bits per heavy atom. The average Bonchev–Trinajstić information content (AvgIpc) is 1.98. The molecular weight excluding hydrogens is 366 g/mol. The maximum Gasteiger partial charge on any atom is 0.747 e. The van der Waals surface area contributed by atoms with Crippen LogP contribution in [-0.2, 0) is 13.6 Å². The summed E-state index contributed by atoms with van der Waals surface area (Å²) >= 11 is 6.27. The van der Waals surface area contributed by atoms with Gasteiger partial charge in [-0.15, -0.1) is 0 Å². The van der Waals surface area contributed by atoms with Crippen LogP contribution in [0.1, 0.15) is 20.8 Å². The minimum Gasteiger partial charge on any atom is -0.451 e. The van der Waals surface area contributed by atoms with Gasteiger partial charge in [0.15, 0.2) is 3.42 Å². The van der Waals surface area contributed by atoms with Gasteiger partial charge in [-0.05, 0) is 31.9 Å². The van der Waals surface area contributed by atoms with E-state index >= 15 is 0 Å². The minimum atomic E-state index is -4.56. The quantitative estimate of drug-likeness (QED) is 0.482. The van der Waals surface area contributed by atoms with Crippen LogP contribution in [0.25, 0.3) is 0 Å². The first-order chi connectivity index (χ1) is 6.91. The van der Waals surface area contributed by atoms with Crippen molar-refractivity contribution >= 4 is 46.9 Å². The zero-order valence-corrected chi connectivity index (χ0v) is 13.3. The molecule has 6 nitrogen and oxygen atoms in total. The highest BCUT2D eigenvalue weighted by molar-refractivity contribution is 9.25. The summed E-state index contributed by atoms with van der Waals surface area (Å²) < 4.78 is 8.04. The van der Waals surface area contributed by atoms with Crippen molar-refractivity contribution in [1.29, 1.82) is 0 Å². The highest BCUT2D eigenvalue weighted by Gasteiger charge is 2.52. The second-order valence-corrected chi connectivity index (χ2v) is 8.90. The standard InChI is InChI=1S/C7H15Br2NO5Si/c1-6(2,3)7(8,9)15-16(12,13)14-5(11)4-10/h12-13H,4,10H2,1-3H3. The Kier molecular flexibility index (Phi) is 5.59. The largest absolute Gasteiger partial charge is 0.747 e. The maximum absolute atomic E-state index is 10.8. The molecule has 96 valence electrons. The molecule has 0 fully saturated rings. The molecule has 9 heteroatoms. The van der Waals surface area contributed by atoms with Gasteiger partial charge in [-0.25, -0.2) is 0 Å². The Hall–Kier alpha value is 0.487. The Labute approximate surface area is 112 Å². The predicted molar refractivity (Wildman–Crippen MR) is 66.5 cm³/mol. The first-order valence-electron chi connectivity index (χ1n) is 4.36. The van der Waals surface area contributed by atoms with Gasteiger partial charge in [-0.1, -0.05) is 20.8 Å². The zero-order valence-electron chi connectivity index (χ0n) is 9.16. The molecule has 0 aliphatic carbocycles. The van der Waals surface area contributed by atoms with Crippen LogP contribution in [0.3, 0.4) is 0 Å². The van der Waals surface area contributed by atoms with Crippen LogP contribution in [0.2, 0.25) is 0 Å². The Bertz CT molecular complexity index is 266.